The number of nitrogens with one attached hydrogen (secondary N) is 2. The van der Waals surface area contributed by atoms with E-state index in [4.69, 9.17) is 4.42 Å². The van der Waals surface area contributed by atoms with Gasteiger partial charge in [-0.15, -0.1) is 0 Å². The van der Waals surface area contributed by atoms with Crippen molar-refractivity contribution in [3.8, 4) is 0 Å². The third-order valence-corrected chi connectivity index (χ3v) is 3.66. The van der Waals surface area contributed by atoms with E-state index in [9.17, 15) is 19.5 Å². The molecule has 2 rings (SSSR count). The van der Waals surface area contributed by atoms with E-state index in [-0.39, 0.29) is 23.8 Å². The third-order valence-electron chi connectivity index (χ3n) is 3.66. The number of carbonyl (C=O) groups excluding carboxylic acids is 2. The number of carboxylic acids is 1. The van der Waals surface area contributed by atoms with Gasteiger partial charge in [-0.3, -0.25) is 9.59 Å². The van der Waals surface area contributed by atoms with Crippen molar-refractivity contribution < 1.29 is 23.9 Å². The van der Waals surface area contributed by atoms with E-state index < -0.39 is 23.8 Å². The molecule has 7 nitrogen and oxygen atoms in total. The first-order valence-electron chi connectivity index (χ1n) is 8.52. The van der Waals surface area contributed by atoms with Gasteiger partial charge < -0.3 is 20.2 Å². The molecule has 142 valence electrons. The first-order valence-corrected chi connectivity index (χ1v) is 8.52. The minimum Gasteiger partial charge on any atom is -0.480 e. The van der Waals surface area contributed by atoms with Crippen LogP contribution in [0.15, 0.2) is 58.8 Å². The lowest BCUT2D eigenvalue weighted by molar-refractivity contribution is -0.141. The van der Waals surface area contributed by atoms with Crippen LogP contribution < -0.4 is 10.6 Å². The summed E-state index contributed by atoms with van der Waals surface area (Å²) in [4.78, 5) is 36.4. The lowest BCUT2D eigenvalue weighted by Crippen LogP contribution is -2.44. The monoisotopic (exact) mass is 370 g/mol. The predicted molar refractivity (Wildman–Crippen MR) is 99.6 cm³/mol. The molecule has 0 bridgehead atoms. The Bertz CT molecular complexity index is 810. The molecule has 1 aromatic carbocycles. The summed E-state index contributed by atoms with van der Waals surface area (Å²) in [7, 11) is 0. The minimum atomic E-state index is -1.13. The highest BCUT2D eigenvalue weighted by Crippen LogP contribution is 2.10. The van der Waals surface area contributed by atoms with Crippen LogP contribution in [0.1, 0.15) is 36.4 Å². The summed E-state index contributed by atoms with van der Waals surface area (Å²) in [6.45, 7) is 3.73. The van der Waals surface area contributed by atoms with Gasteiger partial charge in [-0.2, -0.15) is 0 Å². The van der Waals surface area contributed by atoms with Gasteiger partial charge in [0.05, 0.1) is 6.26 Å². The van der Waals surface area contributed by atoms with Gasteiger partial charge in [-0.1, -0.05) is 44.2 Å². The van der Waals surface area contributed by atoms with Crippen LogP contribution in [-0.2, 0) is 9.59 Å². The quantitative estimate of drug-likeness (QED) is 0.619. The van der Waals surface area contributed by atoms with Crippen molar-refractivity contribution in [2.24, 2.45) is 5.92 Å². The average molecular weight is 370 g/mol. The zero-order valence-corrected chi connectivity index (χ0v) is 15.1. The molecule has 1 unspecified atom stereocenters. The molecular weight excluding hydrogens is 348 g/mol. The Hall–Kier alpha value is -3.35. The molecule has 0 saturated heterocycles. The lowest BCUT2D eigenvalue weighted by atomic mass is 10.0. The second-order valence-corrected chi connectivity index (χ2v) is 6.39. The van der Waals surface area contributed by atoms with Gasteiger partial charge in [0.1, 0.15) is 11.7 Å². The fourth-order valence-electron chi connectivity index (χ4n) is 2.39. The molecule has 1 aromatic heterocycles. The van der Waals surface area contributed by atoms with Crippen LogP contribution >= 0.6 is 0 Å². The Morgan fingerprint density at radius 2 is 1.81 bits per heavy atom. The van der Waals surface area contributed by atoms with Gasteiger partial charge in [0.2, 0.25) is 0 Å². The normalized spacial score (nSPS) is 12.5. The summed E-state index contributed by atoms with van der Waals surface area (Å²) in [5, 5.41) is 14.3. The molecule has 0 aliphatic rings. The van der Waals surface area contributed by atoms with E-state index >= 15 is 0 Å². The number of carboxylic acid groups (broad SMARTS) is 1. The second-order valence-electron chi connectivity index (χ2n) is 6.39. The summed E-state index contributed by atoms with van der Waals surface area (Å²) in [5.41, 5.74) is 0.607. The molecule has 2 amide bonds. The fraction of sp³-hybridized carbons (Fsp3) is 0.250. The highest BCUT2D eigenvalue weighted by molar-refractivity contribution is 6.05. The van der Waals surface area contributed by atoms with Crippen molar-refractivity contribution in [1.82, 2.24) is 10.6 Å². The number of furan rings is 1. The zero-order valence-electron chi connectivity index (χ0n) is 15.1. The summed E-state index contributed by atoms with van der Waals surface area (Å²) < 4.78 is 5.03. The van der Waals surface area contributed by atoms with Crippen LogP contribution in [0.2, 0.25) is 0 Å². The van der Waals surface area contributed by atoms with E-state index in [1.807, 2.05) is 19.9 Å². The SMILES string of the molecule is CC(C)CC(NC(=O)/C(=C\c1ccccc1)NC(=O)c1ccco1)C(=O)O. The Morgan fingerprint density at radius 3 is 2.37 bits per heavy atom. The topological polar surface area (TPSA) is 109 Å². The van der Waals surface area contributed by atoms with Gasteiger partial charge >= 0.3 is 5.97 Å². The van der Waals surface area contributed by atoms with Gasteiger partial charge in [0.25, 0.3) is 11.8 Å². The number of carbonyl (C=O) groups is 3. The summed E-state index contributed by atoms with van der Waals surface area (Å²) in [5.74, 6) is -2.31. The van der Waals surface area contributed by atoms with Crippen LogP contribution in [0.3, 0.4) is 0 Å². The smallest absolute Gasteiger partial charge is 0.326 e. The molecule has 3 N–H and O–H groups in total. The minimum absolute atomic E-state index is 0.0405. The maximum atomic E-state index is 12.7. The van der Waals surface area contributed by atoms with E-state index in [0.717, 1.165) is 0 Å². The number of hydrogen-bond acceptors (Lipinski definition) is 4. The molecular formula is C20H22N2O5. The van der Waals surface area contributed by atoms with Gasteiger partial charge in [-0.25, -0.2) is 4.79 Å². The average Bonchev–Trinajstić information content (AvgIpc) is 3.15. The van der Waals surface area contributed by atoms with Crippen molar-refractivity contribution in [2.75, 3.05) is 0 Å². The molecule has 1 atom stereocenters. The van der Waals surface area contributed by atoms with E-state index in [1.54, 1.807) is 30.3 Å². The van der Waals surface area contributed by atoms with Crippen molar-refractivity contribution in [1.29, 1.82) is 0 Å². The van der Waals surface area contributed by atoms with Crippen LogP contribution in [-0.4, -0.2) is 28.9 Å². The highest BCUT2D eigenvalue weighted by atomic mass is 16.4. The predicted octanol–water partition coefficient (Wildman–Crippen LogP) is 2.67. The lowest BCUT2D eigenvalue weighted by Gasteiger charge is -2.18. The van der Waals surface area contributed by atoms with Crippen molar-refractivity contribution in [2.45, 2.75) is 26.3 Å². The number of rotatable bonds is 8. The molecule has 1 heterocycles. The van der Waals surface area contributed by atoms with Gasteiger partial charge in [0.15, 0.2) is 5.76 Å². The Morgan fingerprint density at radius 1 is 1.11 bits per heavy atom. The van der Waals surface area contributed by atoms with Crippen LogP contribution in [0.5, 0.6) is 0 Å². The molecule has 0 saturated carbocycles. The highest BCUT2D eigenvalue weighted by Gasteiger charge is 2.24. The molecule has 0 aliphatic carbocycles. The summed E-state index contributed by atoms with van der Waals surface area (Å²) >= 11 is 0. The first-order chi connectivity index (χ1) is 12.9. The number of hydrogen-bond donors (Lipinski definition) is 3. The molecule has 2 aromatic rings. The van der Waals surface area contributed by atoms with E-state index in [1.165, 1.54) is 18.4 Å². The molecule has 0 radical (unpaired) electrons. The second kappa shape index (κ2) is 9.38. The Balaban J connectivity index is 2.25. The maximum absolute atomic E-state index is 12.7. The number of amides is 2. The Labute approximate surface area is 157 Å². The molecule has 0 spiro atoms. The van der Waals surface area contributed by atoms with E-state index in [0.29, 0.717) is 5.56 Å². The summed E-state index contributed by atoms with van der Waals surface area (Å²) in [6.07, 6.45) is 3.09. The molecule has 7 heteroatoms. The maximum Gasteiger partial charge on any atom is 0.326 e. The first kappa shape index (κ1) is 20.0. The Kier molecular flexibility index (Phi) is 6.93. The number of benzene rings is 1. The van der Waals surface area contributed by atoms with Crippen molar-refractivity contribution in [3.05, 3.63) is 65.7 Å². The van der Waals surface area contributed by atoms with E-state index in [2.05, 4.69) is 10.6 Å². The number of aliphatic carboxylic acids is 1. The van der Waals surface area contributed by atoms with Gasteiger partial charge in [-0.05, 0) is 36.1 Å². The molecule has 0 aliphatic heterocycles. The van der Waals surface area contributed by atoms with Crippen LogP contribution in [0, 0.1) is 5.92 Å². The largest absolute Gasteiger partial charge is 0.480 e. The van der Waals surface area contributed by atoms with Crippen molar-refractivity contribution in [3.63, 3.8) is 0 Å². The molecule has 27 heavy (non-hydrogen) atoms. The molecule has 0 fully saturated rings. The summed E-state index contributed by atoms with van der Waals surface area (Å²) in [6, 6.07) is 10.9. The fourth-order valence-corrected chi connectivity index (χ4v) is 2.39. The van der Waals surface area contributed by atoms with Crippen LogP contribution in [0.25, 0.3) is 6.08 Å². The third kappa shape index (κ3) is 6.14. The van der Waals surface area contributed by atoms with Gasteiger partial charge in [0, 0.05) is 0 Å². The van der Waals surface area contributed by atoms with Crippen molar-refractivity contribution >= 4 is 23.9 Å². The zero-order chi connectivity index (χ0) is 19.8. The van der Waals surface area contributed by atoms with Crippen LogP contribution in [0.4, 0.5) is 0 Å². The standard InChI is InChI=1S/C20H22N2O5/c1-13(2)11-16(20(25)26)22-18(23)15(12-14-7-4-3-5-8-14)21-19(24)17-9-6-10-27-17/h3-10,12-13,16H,11H2,1-2H3,(H,21,24)(H,22,23)(H,25,26)/b15-12+.